The molecule has 0 aromatic carbocycles. The van der Waals surface area contributed by atoms with Crippen molar-refractivity contribution in [1.29, 1.82) is 0 Å². The zero-order chi connectivity index (χ0) is 21.4. The van der Waals surface area contributed by atoms with Crippen LogP contribution in [0.25, 0.3) is 0 Å². The molecule has 1 aliphatic carbocycles. The lowest BCUT2D eigenvalue weighted by atomic mass is 9.65. The molecule has 0 radical (unpaired) electrons. The van der Waals surface area contributed by atoms with Gasteiger partial charge in [0.15, 0.2) is 0 Å². The Balaban J connectivity index is 1.62. The van der Waals surface area contributed by atoms with Gasteiger partial charge >= 0.3 is 6.03 Å². The number of hydrogen-bond acceptors (Lipinski definition) is 4. The van der Waals surface area contributed by atoms with Crippen molar-refractivity contribution in [2.24, 2.45) is 11.3 Å². The van der Waals surface area contributed by atoms with E-state index in [1.807, 2.05) is 14.1 Å². The van der Waals surface area contributed by atoms with E-state index in [0.717, 1.165) is 37.0 Å². The molecule has 7 heteroatoms. The molecule has 3 fully saturated rings. The summed E-state index contributed by atoms with van der Waals surface area (Å²) in [5.41, 5.74) is -0.550. The first-order chi connectivity index (χ1) is 13.6. The van der Waals surface area contributed by atoms with E-state index in [0.29, 0.717) is 37.9 Å². The second-order valence-electron chi connectivity index (χ2n) is 10.1. The van der Waals surface area contributed by atoms with Crippen LogP contribution < -0.4 is 5.32 Å². The molecule has 1 atom stereocenters. The Hall–Kier alpha value is -1.63. The molecule has 2 heterocycles. The maximum Gasteiger partial charge on any atom is 0.325 e. The summed E-state index contributed by atoms with van der Waals surface area (Å²) in [4.78, 5) is 43.7. The second kappa shape index (κ2) is 8.25. The maximum atomic E-state index is 13.2. The number of nitrogens with one attached hydrogen (secondary N) is 1. The molecule has 2 aliphatic heterocycles. The van der Waals surface area contributed by atoms with Crippen molar-refractivity contribution in [2.45, 2.75) is 77.3 Å². The fourth-order valence-corrected chi connectivity index (χ4v) is 5.18. The summed E-state index contributed by atoms with van der Waals surface area (Å²) in [5.74, 6) is 0.234. The van der Waals surface area contributed by atoms with Gasteiger partial charge < -0.3 is 15.1 Å². The van der Waals surface area contributed by atoms with Gasteiger partial charge in [-0.05, 0) is 64.0 Å². The average Bonchev–Trinajstić information content (AvgIpc) is 2.92. The summed E-state index contributed by atoms with van der Waals surface area (Å²) in [5, 5.41) is 2.95. The first-order valence-corrected chi connectivity index (χ1v) is 11.2. The number of likely N-dealkylation sites (N-methyl/N-ethyl adjacent to an activating group) is 1. The van der Waals surface area contributed by atoms with E-state index in [1.165, 1.54) is 0 Å². The number of urea groups is 1. The molecule has 1 unspecified atom stereocenters. The fraction of sp³-hybridized carbons (Fsp3) is 0.864. The first kappa shape index (κ1) is 22.1. The van der Waals surface area contributed by atoms with Crippen molar-refractivity contribution in [1.82, 2.24) is 20.0 Å². The van der Waals surface area contributed by atoms with Crippen LogP contribution in [-0.4, -0.2) is 77.9 Å². The minimum atomic E-state index is -0.800. The van der Waals surface area contributed by atoms with Gasteiger partial charge in [-0.2, -0.15) is 0 Å². The lowest BCUT2D eigenvalue weighted by molar-refractivity contribution is -0.140. The van der Waals surface area contributed by atoms with Gasteiger partial charge in [-0.3, -0.25) is 14.5 Å². The van der Waals surface area contributed by atoms with Gasteiger partial charge in [0.05, 0.1) is 0 Å². The molecular formula is C22H38N4O3. The predicted molar refractivity (Wildman–Crippen MR) is 112 cm³/mol. The SMILES string of the molecule is CCC(C)(C)C1CCC2(CC1)NC(=O)N(CC(=O)N1CCCC(N(C)C)C1)C2=O. The van der Waals surface area contributed by atoms with E-state index < -0.39 is 11.6 Å². The van der Waals surface area contributed by atoms with Gasteiger partial charge in [0.25, 0.3) is 5.91 Å². The monoisotopic (exact) mass is 406 g/mol. The smallest absolute Gasteiger partial charge is 0.325 e. The Kier molecular flexibility index (Phi) is 6.27. The van der Waals surface area contributed by atoms with E-state index in [1.54, 1.807) is 4.90 Å². The maximum absolute atomic E-state index is 13.2. The highest BCUT2D eigenvalue weighted by Gasteiger charge is 2.54. The summed E-state index contributed by atoms with van der Waals surface area (Å²) < 4.78 is 0. The molecule has 0 aromatic heterocycles. The Labute approximate surface area is 175 Å². The van der Waals surface area contributed by atoms with Crippen LogP contribution in [0.1, 0.15) is 65.7 Å². The van der Waals surface area contributed by atoms with Crippen molar-refractivity contribution in [3.05, 3.63) is 0 Å². The summed E-state index contributed by atoms with van der Waals surface area (Å²) in [7, 11) is 4.05. The van der Waals surface area contributed by atoms with Crippen LogP contribution in [0.2, 0.25) is 0 Å². The topological polar surface area (TPSA) is 73.0 Å². The quantitative estimate of drug-likeness (QED) is 0.712. The van der Waals surface area contributed by atoms with Crippen LogP contribution >= 0.6 is 0 Å². The van der Waals surface area contributed by atoms with Gasteiger partial charge in [0.2, 0.25) is 5.91 Å². The molecule has 0 aromatic rings. The largest absolute Gasteiger partial charge is 0.340 e. The van der Waals surface area contributed by atoms with Gasteiger partial charge in [-0.1, -0.05) is 27.2 Å². The molecule has 2 saturated heterocycles. The van der Waals surface area contributed by atoms with Gasteiger partial charge in [0.1, 0.15) is 12.1 Å². The standard InChI is InChI=1S/C22H38N4O3/c1-6-21(2,3)16-9-11-22(12-10-16)19(28)26(20(29)23-22)15-18(27)25-13-7-8-17(14-25)24(4)5/h16-17H,6-15H2,1-5H3,(H,23,29). The van der Waals surface area contributed by atoms with Crippen molar-refractivity contribution in [3.63, 3.8) is 0 Å². The van der Waals surface area contributed by atoms with Crippen LogP contribution in [0.3, 0.4) is 0 Å². The van der Waals surface area contributed by atoms with Crippen LogP contribution in [0.5, 0.6) is 0 Å². The number of rotatable bonds is 5. The molecule has 3 aliphatic rings. The zero-order valence-electron chi connectivity index (χ0n) is 18.8. The molecule has 0 bridgehead atoms. The number of carbonyl (C=O) groups is 3. The lowest BCUT2D eigenvalue weighted by Crippen LogP contribution is -2.52. The Morgan fingerprint density at radius 3 is 2.45 bits per heavy atom. The van der Waals surface area contributed by atoms with Gasteiger partial charge in [-0.25, -0.2) is 4.79 Å². The summed E-state index contributed by atoms with van der Waals surface area (Å²) in [6.07, 6.45) is 6.34. The molecule has 29 heavy (non-hydrogen) atoms. The van der Waals surface area contributed by atoms with Crippen LogP contribution in [0, 0.1) is 11.3 Å². The number of carbonyl (C=O) groups excluding carboxylic acids is 3. The third kappa shape index (κ3) is 4.30. The highest BCUT2D eigenvalue weighted by Crippen LogP contribution is 2.45. The Morgan fingerprint density at radius 2 is 1.86 bits per heavy atom. The number of likely N-dealkylation sites (tertiary alicyclic amines) is 1. The highest BCUT2D eigenvalue weighted by atomic mass is 16.2. The summed E-state index contributed by atoms with van der Waals surface area (Å²) in [6.45, 7) is 8.00. The fourth-order valence-electron chi connectivity index (χ4n) is 5.18. The summed E-state index contributed by atoms with van der Waals surface area (Å²) in [6, 6.07) is -0.0722. The molecule has 164 valence electrons. The van der Waals surface area contributed by atoms with Gasteiger partial charge in [0, 0.05) is 19.1 Å². The van der Waals surface area contributed by atoms with E-state index in [4.69, 9.17) is 0 Å². The molecule has 4 amide bonds. The average molecular weight is 407 g/mol. The van der Waals surface area contributed by atoms with Crippen molar-refractivity contribution in [3.8, 4) is 0 Å². The molecule has 1 saturated carbocycles. The lowest BCUT2D eigenvalue weighted by Gasteiger charge is -2.42. The van der Waals surface area contributed by atoms with E-state index in [9.17, 15) is 14.4 Å². The van der Waals surface area contributed by atoms with Crippen molar-refractivity contribution in [2.75, 3.05) is 33.7 Å². The third-order valence-corrected chi connectivity index (χ3v) is 7.87. The van der Waals surface area contributed by atoms with Crippen LogP contribution in [-0.2, 0) is 9.59 Å². The number of nitrogens with zero attached hydrogens (tertiary/aromatic N) is 3. The van der Waals surface area contributed by atoms with Crippen LogP contribution in [0.4, 0.5) is 4.79 Å². The third-order valence-electron chi connectivity index (χ3n) is 7.87. The second-order valence-corrected chi connectivity index (χ2v) is 10.1. The predicted octanol–water partition coefficient (Wildman–Crippen LogP) is 2.46. The zero-order valence-corrected chi connectivity index (χ0v) is 18.8. The molecular weight excluding hydrogens is 368 g/mol. The highest BCUT2D eigenvalue weighted by molar-refractivity contribution is 6.09. The molecule has 3 rings (SSSR count). The molecule has 1 N–H and O–H groups in total. The van der Waals surface area contributed by atoms with E-state index >= 15 is 0 Å². The Morgan fingerprint density at radius 1 is 1.21 bits per heavy atom. The van der Waals surface area contributed by atoms with E-state index in [-0.39, 0.29) is 23.8 Å². The van der Waals surface area contributed by atoms with Crippen molar-refractivity contribution >= 4 is 17.8 Å². The minimum Gasteiger partial charge on any atom is -0.340 e. The molecule has 7 nitrogen and oxygen atoms in total. The summed E-state index contributed by atoms with van der Waals surface area (Å²) >= 11 is 0. The normalized spacial score (nSPS) is 31.0. The number of imide groups is 1. The number of hydrogen-bond donors (Lipinski definition) is 1. The minimum absolute atomic E-state index is 0.127. The van der Waals surface area contributed by atoms with Crippen LogP contribution in [0.15, 0.2) is 0 Å². The molecule has 1 spiro atoms. The Bertz CT molecular complexity index is 652. The first-order valence-electron chi connectivity index (χ1n) is 11.2. The number of piperidine rings is 1. The number of amides is 4. The van der Waals surface area contributed by atoms with Crippen molar-refractivity contribution < 1.29 is 14.4 Å². The van der Waals surface area contributed by atoms with Gasteiger partial charge in [-0.15, -0.1) is 0 Å². The van der Waals surface area contributed by atoms with E-state index in [2.05, 4.69) is 31.0 Å².